The molecular weight excluding hydrogens is 195 g/mol. The first kappa shape index (κ1) is 11.9. The molecule has 0 radical (unpaired) electrons. The maximum absolute atomic E-state index is 13.5. The van der Waals surface area contributed by atoms with E-state index in [1.807, 2.05) is 0 Å². The number of anilines is 1. The van der Waals surface area contributed by atoms with Crippen LogP contribution in [0.25, 0.3) is 0 Å². The van der Waals surface area contributed by atoms with E-state index in [0.29, 0.717) is 24.2 Å². The first-order chi connectivity index (χ1) is 7.06. The number of halogens is 1. The Labute approximate surface area is 89.3 Å². The van der Waals surface area contributed by atoms with Gasteiger partial charge in [0.2, 0.25) is 0 Å². The molecule has 0 saturated carbocycles. The second-order valence-electron chi connectivity index (χ2n) is 3.70. The van der Waals surface area contributed by atoms with Gasteiger partial charge in [-0.1, -0.05) is 6.07 Å². The standard InChI is InChI=1S/C11H17FN2O/c1-14(2)10-4-3-8(7-9(10)12)11(15)5-6-13/h3-4,7,11,15H,5-6,13H2,1-2H3/t11-/m1/s1. The third-order valence-corrected chi connectivity index (χ3v) is 2.28. The number of nitrogens with zero attached hydrogens (tertiary/aromatic N) is 1. The van der Waals surface area contributed by atoms with E-state index in [0.717, 1.165) is 0 Å². The van der Waals surface area contributed by atoms with Gasteiger partial charge in [-0.3, -0.25) is 0 Å². The van der Waals surface area contributed by atoms with E-state index in [4.69, 9.17) is 5.73 Å². The predicted octanol–water partition coefficient (Wildman–Crippen LogP) is 1.27. The van der Waals surface area contributed by atoms with Gasteiger partial charge in [-0.05, 0) is 30.7 Å². The molecule has 0 amide bonds. The lowest BCUT2D eigenvalue weighted by Crippen LogP contribution is -2.12. The van der Waals surface area contributed by atoms with Crippen molar-refractivity contribution in [1.82, 2.24) is 0 Å². The van der Waals surface area contributed by atoms with Crippen LogP contribution in [-0.4, -0.2) is 25.7 Å². The molecule has 0 unspecified atom stereocenters. The Hall–Kier alpha value is -1.13. The molecule has 0 spiro atoms. The van der Waals surface area contributed by atoms with Gasteiger partial charge in [0.15, 0.2) is 0 Å². The molecule has 0 heterocycles. The highest BCUT2D eigenvalue weighted by Gasteiger charge is 2.10. The number of benzene rings is 1. The van der Waals surface area contributed by atoms with Crippen molar-refractivity contribution in [3.8, 4) is 0 Å². The zero-order valence-electron chi connectivity index (χ0n) is 9.07. The Bertz CT molecular complexity index is 328. The SMILES string of the molecule is CN(C)c1ccc([C@H](O)CCN)cc1F. The van der Waals surface area contributed by atoms with Crippen molar-refractivity contribution in [3.63, 3.8) is 0 Å². The fraction of sp³-hybridized carbons (Fsp3) is 0.455. The van der Waals surface area contributed by atoms with Crippen molar-refractivity contribution >= 4 is 5.69 Å². The van der Waals surface area contributed by atoms with E-state index >= 15 is 0 Å². The van der Waals surface area contributed by atoms with Gasteiger partial charge in [0.05, 0.1) is 11.8 Å². The van der Waals surface area contributed by atoms with Crippen molar-refractivity contribution in [2.24, 2.45) is 5.73 Å². The van der Waals surface area contributed by atoms with Crippen LogP contribution in [0, 0.1) is 5.82 Å². The highest BCUT2D eigenvalue weighted by Crippen LogP contribution is 2.23. The van der Waals surface area contributed by atoms with Crippen molar-refractivity contribution in [2.45, 2.75) is 12.5 Å². The molecular formula is C11H17FN2O. The summed E-state index contributed by atoms with van der Waals surface area (Å²) in [4.78, 5) is 1.69. The Morgan fingerprint density at radius 1 is 1.47 bits per heavy atom. The maximum Gasteiger partial charge on any atom is 0.146 e. The van der Waals surface area contributed by atoms with Crippen LogP contribution in [0.3, 0.4) is 0 Å². The molecule has 15 heavy (non-hydrogen) atoms. The predicted molar refractivity (Wildman–Crippen MR) is 59.4 cm³/mol. The molecule has 0 aliphatic heterocycles. The summed E-state index contributed by atoms with van der Waals surface area (Å²) in [6.45, 7) is 0.387. The number of hydrogen-bond donors (Lipinski definition) is 2. The van der Waals surface area contributed by atoms with Crippen LogP contribution in [0.15, 0.2) is 18.2 Å². The summed E-state index contributed by atoms with van der Waals surface area (Å²) in [5.41, 5.74) is 6.41. The van der Waals surface area contributed by atoms with E-state index in [9.17, 15) is 9.50 Å². The van der Waals surface area contributed by atoms with Gasteiger partial charge in [0.25, 0.3) is 0 Å². The average Bonchev–Trinajstić information content (AvgIpc) is 2.17. The molecule has 0 aliphatic carbocycles. The topological polar surface area (TPSA) is 49.5 Å². The number of nitrogens with two attached hydrogens (primary N) is 1. The van der Waals surface area contributed by atoms with Gasteiger partial charge in [-0.25, -0.2) is 4.39 Å². The van der Waals surface area contributed by atoms with Crippen molar-refractivity contribution in [2.75, 3.05) is 25.5 Å². The Kier molecular flexibility index (Phi) is 4.05. The lowest BCUT2D eigenvalue weighted by Gasteiger charge is -2.16. The summed E-state index contributed by atoms with van der Waals surface area (Å²) < 4.78 is 13.5. The second-order valence-corrected chi connectivity index (χ2v) is 3.70. The minimum Gasteiger partial charge on any atom is -0.388 e. The zero-order valence-corrected chi connectivity index (χ0v) is 9.07. The number of hydrogen-bond acceptors (Lipinski definition) is 3. The van der Waals surface area contributed by atoms with Crippen LogP contribution in [0.1, 0.15) is 18.1 Å². The van der Waals surface area contributed by atoms with Gasteiger partial charge in [-0.15, -0.1) is 0 Å². The quantitative estimate of drug-likeness (QED) is 0.790. The summed E-state index contributed by atoms with van der Waals surface area (Å²) in [6, 6.07) is 4.73. The third-order valence-electron chi connectivity index (χ3n) is 2.28. The van der Waals surface area contributed by atoms with Crippen LogP contribution < -0.4 is 10.6 Å². The smallest absolute Gasteiger partial charge is 0.146 e. The summed E-state index contributed by atoms with van der Waals surface area (Å²) >= 11 is 0. The summed E-state index contributed by atoms with van der Waals surface area (Å²) in [7, 11) is 3.54. The van der Waals surface area contributed by atoms with Crippen LogP contribution in [-0.2, 0) is 0 Å². The lowest BCUT2D eigenvalue weighted by atomic mass is 10.1. The normalized spacial score (nSPS) is 12.6. The summed E-state index contributed by atoms with van der Waals surface area (Å²) in [6.07, 6.45) is -0.235. The van der Waals surface area contributed by atoms with Crippen LogP contribution in [0.2, 0.25) is 0 Å². The third kappa shape index (κ3) is 2.91. The molecule has 84 valence electrons. The van der Waals surface area contributed by atoms with Crippen LogP contribution >= 0.6 is 0 Å². The summed E-state index contributed by atoms with van der Waals surface area (Å²) in [5.74, 6) is -0.325. The van der Waals surface area contributed by atoms with Crippen molar-refractivity contribution in [1.29, 1.82) is 0 Å². The second kappa shape index (κ2) is 5.09. The highest BCUT2D eigenvalue weighted by molar-refractivity contribution is 5.48. The zero-order chi connectivity index (χ0) is 11.4. The largest absolute Gasteiger partial charge is 0.388 e. The molecule has 1 atom stereocenters. The minimum absolute atomic E-state index is 0.325. The Balaban J connectivity index is 2.91. The molecule has 1 rings (SSSR count). The van der Waals surface area contributed by atoms with E-state index < -0.39 is 6.10 Å². The Morgan fingerprint density at radius 3 is 2.60 bits per heavy atom. The van der Waals surface area contributed by atoms with Crippen LogP contribution in [0.4, 0.5) is 10.1 Å². The average molecular weight is 212 g/mol. The highest BCUT2D eigenvalue weighted by atomic mass is 19.1. The Morgan fingerprint density at radius 2 is 2.13 bits per heavy atom. The molecule has 4 heteroatoms. The molecule has 3 N–H and O–H groups in total. The van der Waals surface area contributed by atoms with E-state index in [1.54, 1.807) is 31.1 Å². The fourth-order valence-electron chi connectivity index (χ4n) is 1.42. The number of aliphatic hydroxyl groups excluding tert-OH is 1. The number of aliphatic hydroxyl groups is 1. The summed E-state index contributed by atoms with van der Waals surface area (Å²) in [5, 5.41) is 9.61. The lowest BCUT2D eigenvalue weighted by molar-refractivity contribution is 0.170. The molecule has 0 aliphatic rings. The molecule has 3 nitrogen and oxygen atoms in total. The van der Waals surface area contributed by atoms with Crippen molar-refractivity contribution in [3.05, 3.63) is 29.6 Å². The first-order valence-corrected chi connectivity index (χ1v) is 4.91. The molecule has 0 fully saturated rings. The van der Waals surface area contributed by atoms with E-state index in [1.165, 1.54) is 6.07 Å². The van der Waals surface area contributed by atoms with Gasteiger partial charge < -0.3 is 15.7 Å². The molecule has 0 saturated heterocycles. The maximum atomic E-state index is 13.5. The van der Waals surface area contributed by atoms with Gasteiger partial charge in [-0.2, -0.15) is 0 Å². The van der Waals surface area contributed by atoms with Crippen molar-refractivity contribution < 1.29 is 9.50 Å². The molecule has 0 bridgehead atoms. The number of rotatable bonds is 4. The van der Waals surface area contributed by atoms with E-state index in [2.05, 4.69) is 0 Å². The van der Waals surface area contributed by atoms with Gasteiger partial charge in [0, 0.05) is 14.1 Å². The van der Waals surface area contributed by atoms with Crippen LogP contribution in [0.5, 0.6) is 0 Å². The minimum atomic E-state index is -0.680. The van der Waals surface area contributed by atoms with Gasteiger partial charge >= 0.3 is 0 Å². The first-order valence-electron chi connectivity index (χ1n) is 4.91. The fourth-order valence-corrected chi connectivity index (χ4v) is 1.42. The molecule has 1 aromatic rings. The molecule has 1 aromatic carbocycles. The van der Waals surface area contributed by atoms with E-state index in [-0.39, 0.29) is 5.82 Å². The monoisotopic (exact) mass is 212 g/mol. The molecule has 0 aromatic heterocycles. The van der Waals surface area contributed by atoms with Gasteiger partial charge in [0.1, 0.15) is 5.82 Å².